The number of hydrogen-bond donors (Lipinski definition) is 0. The van der Waals surface area contributed by atoms with Crippen LogP contribution in [-0.2, 0) is 0 Å². The molecule has 0 fully saturated rings. The van der Waals surface area contributed by atoms with Crippen LogP contribution in [0.3, 0.4) is 0 Å². The molecule has 0 saturated heterocycles. The number of pyridine rings is 1. The molecule has 0 bridgehead atoms. The van der Waals surface area contributed by atoms with Crippen LogP contribution < -0.4 is 0 Å². The van der Waals surface area contributed by atoms with E-state index >= 15 is 0 Å². The van der Waals surface area contributed by atoms with Crippen molar-refractivity contribution in [2.45, 2.75) is 0 Å². The molecule has 0 radical (unpaired) electrons. The van der Waals surface area contributed by atoms with E-state index in [4.69, 9.17) is 69.6 Å². The highest BCUT2D eigenvalue weighted by Gasteiger charge is 2.17. The molecule has 18 heavy (non-hydrogen) atoms. The minimum absolute atomic E-state index is 0.117. The molecule has 7 heteroatoms. The van der Waals surface area contributed by atoms with Crippen LogP contribution in [0.2, 0.25) is 30.3 Å². The molecule has 1 aromatic heterocycles. The highest BCUT2D eigenvalue weighted by atomic mass is 35.5. The van der Waals surface area contributed by atoms with Crippen LogP contribution in [0, 0.1) is 0 Å². The lowest BCUT2D eigenvalue weighted by molar-refractivity contribution is 1.33. The average Bonchev–Trinajstić information content (AvgIpc) is 2.28. The summed E-state index contributed by atoms with van der Waals surface area (Å²) in [6, 6.07) is 3.12. The maximum absolute atomic E-state index is 6.11. The molecule has 1 heterocycles. The first-order valence-corrected chi connectivity index (χ1v) is 6.83. The minimum Gasteiger partial charge on any atom is -0.242 e. The van der Waals surface area contributed by atoms with E-state index in [0.29, 0.717) is 26.2 Å². The molecule has 0 saturated carbocycles. The fourth-order valence-corrected chi connectivity index (χ4v) is 3.01. The van der Waals surface area contributed by atoms with Crippen molar-refractivity contribution in [2.24, 2.45) is 0 Å². The summed E-state index contributed by atoms with van der Waals surface area (Å²) < 4.78 is 0. The van der Waals surface area contributed by atoms with Crippen molar-refractivity contribution >= 4 is 69.6 Å². The van der Waals surface area contributed by atoms with Crippen molar-refractivity contribution in [1.29, 1.82) is 0 Å². The van der Waals surface area contributed by atoms with Crippen molar-refractivity contribution in [1.82, 2.24) is 4.98 Å². The Bertz CT molecular complexity index is 602. The van der Waals surface area contributed by atoms with E-state index in [1.807, 2.05) is 0 Å². The van der Waals surface area contributed by atoms with Crippen molar-refractivity contribution in [3.8, 4) is 11.1 Å². The van der Waals surface area contributed by atoms with E-state index in [2.05, 4.69) is 4.98 Å². The number of nitrogens with zero attached hydrogens (tertiary/aromatic N) is 1. The fourth-order valence-electron chi connectivity index (χ4n) is 1.42. The lowest BCUT2D eigenvalue weighted by atomic mass is 10.1. The molecule has 0 atom stereocenters. The Kier molecular flexibility index (Phi) is 4.53. The Labute approximate surface area is 134 Å². The summed E-state index contributed by atoms with van der Waals surface area (Å²) in [4.78, 5) is 3.92. The third kappa shape index (κ3) is 2.67. The van der Waals surface area contributed by atoms with Gasteiger partial charge in [-0.1, -0.05) is 69.6 Å². The number of aromatic nitrogens is 1. The molecule has 0 aliphatic heterocycles. The predicted octanol–water partition coefficient (Wildman–Crippen LogP) is 6.67. The first-order chi connectivity index (χ1) is 8.41. The van der Waals surface area contributed by atoms with E-state index < -0.39 is 0 Å². The zero-order valence-electron chi connectivity index (χ0n) is 8.45. The summed E-state index contributed by atoms with van der Waals surface area (Å²) in [5, 5.41) is 1.65. The molecule has 1 aromatic carbocycles. The lowest BCUT2D eigenvalue weighted by Crippen LogP contribution is -1.88. The van der Waals surface area contributed by atoms with Crippen LogP contribution in [0.4, 0.5) is 0 Å². The van der Waals surface area contributed by atoms with Gasteiger partial charge in [-0.3, -0.25) is 0 Å². The Morgan fingerprint density at radius 3 is 1.89 bits per heavy atom. The first-order valence-electron chi connectivity index (χ1n) is 4.56. The van der Waals surface area contributed by atoms with Gasteiger partial charge >= 0.3 is 0 Å². The summed E-state index contributed by atoms with van der Waals surface area (Å²) in [6.45, 7) is 0. The Hall–Kier alpha value is 0.110. The molecular weight excluding hydrogens is 359 g/mol. The van der Waals surface area contributed by atoms with Gasteiger partial charge in [0.1, 0.15) is 5.15 Å². The second kappa shape index (κ2) is 5.62. The van der Waals surface area contributed by atoms with Crippen LogP contribution in [0.5, 0.6) is 0 Å². The second-order valence-corrected chi connectivity index (χ2v) is 5.70. The molecule has 0 unspecified atom stereocenters. The molecule has 0 spiro atoms. The molecule has 0 aliphatic rings. The van der Waals surface area contributed by atoms with Gasteiger partial charge in [0, 0.05) is 22.3 Å². The molecule has 0 aliphatic carbocycles. The van der Waals surface area contributed by atoms with Crippen molar-refractivity contribution in [3.05, 3.63) is 48.6 Å². The summed E-state index contributed by atoms with van der Waals surface area (Å²) in [5.41, 5.74) is 1.01. The second-order valence-electron chi connectivity index (χ2n) is 3.34. The van der Waals surface area contributed by atoms with Crippen LogP contribution >= 0.6 is 69.6 Å². The highest BCUT2D eigenvalue weighted by molar-refractivity contribution is 6.49. The van der Waals surface area contributed by atoms with Gasteiger partial charge in [0.2, 0.25) is 0 Å². The average molecular weight is 362 g/mol. The minimum atomic E-state index is 0.117. The van der Waals surface area contributed by atoms with Crippen LogP contribution in [0.1, 0.15) is 0 Å². The zero-order chi connectivity index (χ0) is 13.4. The number of halogens is 6. The van der Waals surface area contributed by atoms with Crippen molar-refractivity contribution < 1.29 is 0 Å². The smallest absolute Gasteiger partial charge is 0.149 e. The molecule has 1 nitrogen and oxygen atoms in total. The largest absolute Gasteiger partial charge is 0.242 e. The van der Waals surface area contributed by atoms with Gasteiger partial charge in [-0.05, 0) is 12.1 Å². The summed E-state index contributed by atoms with van der Waals surface area (Å²) in [7, 11) is 0. The SMILES string of the molecule is Clc1cc(Cl)c(-c2cnc(Cl)c(Cl)c2Cl)c(Cl)c1. The summed E-state index contributed by atoms with van der Waals surface area (Å²) >= 11 is 35.8. The Morgan fingerprint density at radius 1 is 0.778 bits per heavy atom. The lowest BCUT2D eigenvalue weighted by Gasteiger charge is -2.11. The standard InChI is InChI=1S/C11H3Cl6N/c12-4-1-6(13)8(7(14)2-4)5-3-18-11(17)10(16)9(5)15/h1-3H. The number of benzene rings is 1. The third-order valence-corrected chi connectivity index (χ3v) is 4.25. The highest BCUT2D eigenvalue weighted by Crippen LogP contribution is 2.43. The van der Waals surface area contributed by atoms with Gasteiger partial charge in [0.05, 0.1) is 20.1 Å². The number of rotatable bonds is 1. The van der Waals surface area contributed by atoms with Gasteiger partial charge in [-0.25, -0.2) is 4.98 Å². The first kappa shape index (κ1) is 14.5. The van der Waals surface area contributed by atoms with Gasteiger partial charge < -0.3 is 0 Å². The molecule has 0 amide bonds. The monoisotopic (exact) mass is 359 g/mol. The molecule has 2 rings (SSSR count). The van der Waals surface area contributed by atoms with Gasteiger partial charge in [-0.2, -0.15) is 0 Å². The third-order valence-electron chi connectivity index (χ3n) is 2.19. The summed E-state index contributed by atoms with van der Waals surface area (Å²) in [5.74, 6) is 0. The molecular formula is C11H3Cl6N. The van der Waals surface area contributed by atoms with Crippen LogP contribution in [0.25, 0.3) is 11.1 Å². The van der Waals surface area contributed by atoms with Crippen molar-refractivity contribution in [2.75, 3.05) is 0 Å². The van der Waals surface area contributed by atoms with E-state index in [0.717, 1.165) is 0 Å². The molecule has 2 aromatic rings. The summed E-state index contributed by atoms with van der Waals surface area (Å²) in [6.07, 6.45) is 1.46. The topological polar surface area (TPSA) is 12.9 Å². The normalized spacial score (nSPS) is 10.8. The van der Waals surface area contributed by atoms with E-state index in [1.54, 1.807) is 12.1 Å². The zero-order valence-corrected chi connectivity index (χ0v) is 13.0. The maximum Gasteiger partial charge on any atom is 0.149 e. The van der Waals surface area contributed by atoms with Crippen LogP contribution in [0.15, 0.2) is 18.3 Å². The van der Waals surface area contributed by atoms with E-state index in [1.165, 1.54) is 6.20 Å². The quantitative estimate of drug-likeness (QED) is 0.517. The van der Waals surface area contributed by atoms with E-state index in [9.17, 15) is 0 Å². The van der Waals surface area contributed by atoms with Crippen LogP contribution in [-0.4, -0.2) is 4.98 Å². The van der Waals surface area contributed by atoms with Gasteiger partial charge in [-0.15, -0.1) is 0 Å². The van der Waals surface area contributed by atoms with Gasteiger partial charge in [0.25, 0.3) is 0 Å². The van der Waals surface area contributed by atoms with Crippen molar-refractivity contribution in [3.63, 3.8) is 0 Å². The molecule has 0 N–H and O–H groups in total. The predicted molar refractivity (Wildman–Crippen MR) is 79.7 cm³/mol. The van der Waals surface area contributed by atoms with E-state index in [-0.39, 0.29) is 15.2 Å². The van der Waals surface area contributed by atoms with Gasteiger partial charge in [0.15, 0.2) is 0 Å². The molecule has 94 valence electrons. The number of hydrogen-bond acceptors (Lipinski definition) is 1. The Morgan fingerprint density at radius 2 is 1.33 bits per heavy atom. The maximum atomic E-state index is 6.11. The fraction of sp³-hybridized carbons (Fsp3) is 0. The Balaban J connectivity index is 2.74.